The molecule has 0 radical (unpaired) electrons. The summed E-state index contributed by atoms with van der Waals surface area (Å²) in [6.45, 7) is 6.05. The number of rotatable bonds is 7. The number of nitrogen functional groups attached to an aromatic ring is 1. The van der Waals surface area contributed by atoms with Gasteiger partial charge in [-0.05, 0) is 58.3 Å². The number of benzene rings is 1. The highest BCUT2D eigenvalue weighted by Gasteiger charge is 2.10. The lowest BCUT2D eigenvalue weighted by molar-refractivity contribution is 0.238. The molecule has 0 aliphatic carbocycles. The van der Waals surface area contributed by atoms with Crippen LogP contribution >= 0.6 is 0 Å². The summed E-state index contributed by atoms with van der Waals surface area (Å²) in [6, 6.07) is 5.57. The normalized spacial score (nSPS) is 11.8. The molecule has 0 unspecified atom stereocenters. The van der Waals surface area contributed by atoms with Crippen LogP contribution in [0.2, 0.25) is 0 Å². The molecule has 0 fully saturated rings. The van der Waals surface area contributed by atoms with Gasteiger partial charge >= 0.3 is 0 Å². The predicted octanol–water partition coefficient (Wildman–Crippen LogP) is 2.18. The summed E-state index contributed by atoms with van der Waals surface area (Å²) in [4.78, 5) is 9.05. The molecule has 2 N–H and O–H groups in total. The Morgan fingerprint density at radius 3 is 2.75 bits per heavy atom. The summed E-state index contributed by atoms with van der Waals surface area (Å²) in [5, 5.41) is 0. The first-order chi connectivity index (χ1) is 9.58. The maximum atomic E-state index is 5.76. The van der Waals surface area contributed by atoms with E-state index in [4.69, 9.17) is 10.2 Å². The van der Waals surface area contributed by atoms with Crippen LogP contribution in [0.1, 0.15) is 19.2 Å². The van der Waals surface area contributed by atoms with E-state index in [0.717, 1.165) is 55.3 Å². The first-order valence-electron chi connectivity index (χ1n) is 7.10. The molecule has 0 aliphatic heterocycles. The van der Waals surface area contributed by atoms with Gasteiger partial charge in [0, 0.05) is 5.69 Å². The molecule has 20 heavy (non-hydrogen) atoms. The third-order valence-corrected chi connectivity index (χ3v) is 3.34. The largest absolute Gasteiger partial charge is 0.439 e. The number of nitrogens with zero attached hydrogens (tertiary/aromatic N) is 3. The molecule has 0 spiro atoms. The lowest BCUT2D eigenvalue weighted by Gasteiger charge is -2.19. The molecule has 110 valence electrons. The van der Waals surface area contributed by atoms with Gasteiger partial charge in [0.05, 0.1) is 6.54 Å². The number of fused-ring (bicyclic) bond motifs is 1. The van der Waals surface area contributed by atoms with Crippen LogP contribution in [-0.2, 0) is 6.54 Å². The summed E-state index contributed by atoms with van der Waals surface area (Å²) in [6.07, 6.45) is 1.15. The second-order valence-electron chi connectivity index (χ2n) is 5.36. The van der Waals surface area contributed by atoms with Crippen LogP contribution in [0.5, 0.6) is 0 Å². The molecular formula is C15H24N4O. The molecule has 0 bridgehead atoms. The van der Waals surface area contributed by atoms with Gasteiger partial charge in [-0.1, -0.05) is 6.92 Å². The topological polar surface area (TPSA) is 58.5 Å². The minimum absolute atomic E-state index is 0.718. The lowest BCUT2D eigenvalue weighted by Crippen LogP contribution is -2.27. The van der Waals surface area contributed by atoms with Gasteiger partial charge in [-0.2, -0.15) is 0 Å². The maximum absolute atomic E-state index is 5.76. The van der Waals surface area contributed by atoms with Gasteiger partial charge in [0.15, 0.2) is 5.58 Å². The number of anilines is 1. The molecule has 0 saturated carbocycles. The third kappa shape index (κ3) is 3.95. The molecule has 1 aromatic carbocycles. The first kappa shape index (κ1) is 14.8. The van der Waals surface area contributed by atoms with E-state index >= 15 is 0 Å². The Balaban J connectivity index is 1.98. The van der Waals surface area contributed by atoms with Crippen LogP contribution < -0.4 is 5.73 Å². The molecule has 0 amide bonds. The van der Waals surface area contributed by atoms with Crippen molar-refractivity contribution in [3.8, 4) is 0 Å². The van der Waals surface area contributed by atoms with E-state index in [2.05, 4.69) is 35.8 Å². The van der Waals surface area contributed by atoms with Gasteiger partial charge in [-0.25, -0.2) is 4.98 Å². The smallest absolute Gasteiger partial charge is 0.209 e. The van der Waals surface area contributed by atoms with Crippen molar-refractivity contribution in [2.45, 2.75) is 19.9 Å². The highest BCUT2D eigenvalue weighted by molar-refractivity contribution is 5.76. The second-order valence-corrected chi connectivity index (χ2v) is 5.36. The van der Waals surface area contributed by atoms with Gasteiger partial charge in [0.2, 0.25) is 5.89 Å². The van der Waals surface area contributed by atoms with Crippen molar-refractivity contribution in [2.75, 3.05) is 39.5 Å². The van der Waals surface area contributed by atoms with Gasteiger partial charge in [-0.15, -0.1) is 0 Å². The molecule has 0 aliphatic rings. The van der Waals surface area contributed by atoms with Crippen molar-refractivity contribution in [3.05, 3.63) is 24.1 Å². The molecule has 1 aromatic heterocycles. The highest BCUT2D eigenvalue weighted by atomic mass is 16.3. The Labute approximate surface area is 120 Å². The lowest BCUT2D eigenvalue weighted by atomic mass is 10.3. The Morgan fingerprint density at radius 2 is 2.05 bits per heavy atom. The molecule has 1 heterocycles. The van der Waals surface area contributed by atoms with Gasteiger partial charge in [0.25, 0.3) is 0 Å². The number of oxazole rings is 1. The SMILES string of the molecule is CCN(CCCN(C)C)Cc1nc2cc(N)ccc2o1. The maximum Gasteiger partial charge on any atom is 0.209 e. The number of aromatic nitrogens is 1. The first-order valence-corrected chi connectivity index (χ1v) is 7.10. The van der Waals surface area contributed by atoms with E-state index < -0.39 is 0 Å². The van der Waals surface area contributed by atoms with Crippen molar-refractivity contribution in [3.63, 3.8) is 0 Å². The quantitative estimate of drug-likeness (QED) is 0.786. The van der Waals surface area contributed by atoms with E-state index in [1.54, 1.807) is 0 Å². The zero-order chi connectivity index (χ0) is 14.5. The Hall–Kier alpha value is -1.59. The van der Waals surface area contributed by atoms with E-state index in [1.807, 2.05) is 18.2 Å². The van der Waals surface area contributed by atoms with Crippen molar-refractivity contribution < 1.29 is 4.42 Å². The third-order valence-electron chi connectivity index (χ3n) is 3.34. The Morgan fingerprint density at radius 1 is 1.25 bits per heavy atom. The minimum Gasteiger partial charge on any atom is -0.439 e. The fraction of sp³-hybridized carbons (Fsp3) is 0.533. The van der Waals surface area contributed by atoms with Gasteiger partial charge in [-0.3, -0.25) is 4.90 Å². The molecule has 2 rings (SSSR count). The van der Waals surface area contributed by atoms with Crippen molar-refractivity contribution >= 4 is 16.8 Å². The Kier molecular flexibility index (Phi) is 4.98. The second kappa shape index (κ2) is 6.72. The average Bonchev–Trinajstić information content (AvgIpc) is 2.78. The van der Waals surface area contributed by atoms with Crippen LogP contribution in [0.25, 0.3) is 11.1 Å². The van der Waals surface area contributed by atoms with Gasteiger partial charge in [0.1, 0.15) is 5.52 Å². The van der Waals surface area contributed by atoms with E-state index in [9.17, 15) is 0 Å². The summed E-state index contributed by atoms with van der Waals surface area (Å²) in [5.74, 6) is 0.761. The summed E-state index contributed by atoms with van der Waals surface area (Å²) < 4.78 is 5.76. The zero-order valence-electron chi connectivity index (χ0n) is 12.6. The Bertz CT molecular complexity index is 550. The fourth-order valence-electron chi connectivity index (χ4n) is 2.21. The fourth-order valence-corrected chi connectivity index (χ4v) is 2.21. The average molecular weight is 276 g/mol. The van der Waals surface area contributed by atoms with Crippen molar-refractivity contribution in [2.24, 2.45) is 0 Å². The minimum atomic E-state index is 0.718. The summed E-state index contributed by atoms with van der Waals surface area (Å²) in [7, 11) is 4.20. The van der Waals surface area contributed by atoms with Gasteiger partial charge < -0.3 is 15.1 Å². The summed E-state index contributed by atoms with van der Waals surface area (Å²) in [5.41, 5.74) is 8.12. The predicted molar refractivity (Wildman–Crippen MR) is 82.5 cm³/mol. The number of hydrogen-bond donors (Lipinski definition) is 1. The summed E-state index contributed by atoms with van der Waals surface area (Å²) >= 11 is 0. The molecule has 5 nitrogen and oxygen atoms in total. The monoisotopic (exact) mass is 276 g/mol. The van der Waals surface area contributed by atoms with Crippen LogP contribution in [0, 0.1) is 0 Å². The van der Waals surface area contributed by atoms with E-state index in [-0.39, 0.29) is 0 Å². The van der Waals surface area contributed by atoms with Crippen LogP contribution in [0.4, 0.5) is 5.69 Å². The number of nitrogens with two attached hydrogens (primary N) is 1. The van der Waals surface area contributed by atoms with Crippen LogP contribution in [0.15, 0.2) is 22.6 Å². The molecule has 0 saturated heterocycles. The number of hydrogen-bond acceptors (Lipinski definition) is 5. The zero-order valence-corrected chi connectivity index (χ0v) is 12.6. The van der Waals surface area contributed by atoms with Crippen molar-refractivity contribution in [1.29, 1.82) is 0 Å². The molecular weight excluding hydrogens is 252 g/mol. The highest BCUT2D eigenvalue weighted by Crippen LogP contribution is 2.19. The molecule has 0 atom stereocenters. The molecule has 5 heteroatoms. The van der Waals surface area contributed by atoms with Crippen molar-refractivity contribution in [1.82, 2.24) is 14.8 Å². The van der Waals surface area contributed by atoms with Crippen LogP contribution in [0.3, 0.4) is 0 Å². The van der Waals surface area contributed by atoms with Crippen LogP contribution in [-0.4, -0.2) is 48.5 Å². The molecule has 2 aromatic rings. The van der Waals surface area contributed by atoms with E-state index in [0.29, 0.717) is 0 Å². The standard InChI is InChI=1S/C15H24N4O/c1-4-19(9-5-8-18(2)3)11-15-17-13-10-12(16)6-7-14(13)20-15/h6-7,10H,4-5,8-9,11,16H2,1-3H3. The van der Waals surface area contributed by atoms with E-state index in [1.165, 1.54) is 0 Å².